The van der Waals surface area contributed by atoms with E-state index in [9.17, 15) is 4.79 Å². The Balaban J connectivity index is 2.13. The summed E-state index contributed by atoms with van der Waals surface area (Å²) in [6.07, 6.45) is 7.97. The van der Waals surface area contributed by atoms with Crippen LogP contribution in [0.3, 0.4) is 0 Å². The number of carbonyl (C=O) groups is 1. The van der Waals surface area contributed by atoms with E-state index in [0.717, 1.165) is 19.3 Å². The molecule has 0 amide bonds. The van der Waals surface area contributed by atoms with E-state index in [-0.39, 0.29) is 5.97 Å². The average molecular weight is 230 g/mol. The Kier molecular flexibility index (Phi) is 5.88. The number of benzene rings is 1. The Morgan fingerprint density at radius 3 is 2.71 bits per heavy atom. The number of rotatable bonds is 6. The van der Waals surface area contributed by atoms with Crippen molar-refractivity contribution in [2.24, 2.45) is 0 Å². The first-order valence-electron chi connectivity index (χ1n) is 5.92. The summed E-state index contributed by atoms with van der Waals surface area (Å²) in [5, 5.41) is 0. The zero-order valence-corrected chi connectivity index (χ0v) is 10.2. The minimum Gasteiger partial charge on any atom is -0.449 e. The Morgan fingerprint density at radius 2 is 2.06 bits per heavy atom. The maximum atomic E-state index is 11.3. The van der Waals surface area contributed by atoms with Gasteiger partial charge in [0, 0.05) is 6.42 Å². The molecule has 2 heteroatoms. The Morgan fingerprint density at radius 1 is 1.35 bits per heavy atom. The standard InChI is InChI=1S/C15H18O2/c1-3-13(2)17-15(16)12-8-7-11-14-9-5-4-6-10-14/h1,4-6,9-10,13H,7-8,11-12H2,2H3. The first kappa shape index (κ1) is 13.3. The molecule has 2 nitrogen and oxygen atoms in total. The molecule has 0 radical (unpaired) electrons. The quantitative estimate of drug-likeness (QED) is 0.426. The molecule has 1 unspecified atom stereocenters. The molecule has 0 saturated carbocycles. The van der Waals surface area contributed by atoms with Crippen molar-refractivity contribution in [3.63, 3.8) is 0 Å². The van der Waals surface area contributed by atoms with Gasteiger partial charge in [0.05, 0.1) is 0 Å². The first-order valence-corrected chi connectivity index (χ1v) is 5.92. The summed E-state index contributed by atoms with van der Waals surface area (Å²) in [7, 11) is 0. The van der Waals surface area contributed by atoms with Crippen LogP contribution >= 0.6 is 0 Å². The van der Waals surface area contributed by atoms with E-state index < -0.39 is 6.10 Å². The van der Waals surface area contributed by atoms with Crippen molar-refractivity contribution in [2.75, 3.05) is 0 Å². The van der Waals surface area contributed by atoms with Crippen molar-refractivity contribution in [3.05, 3.63) is 35.9 Å². The third kappa shape index (κ3) is 5.77. The topological polar surface area (TPSA) is 26.3 Å². The number of esters is 1. The van der Waals surface area contributed by atoms with Crippen molar-refractivity contribution in [1.29, 1.82) is 0 Å². The summed E-state index contributed by atoms with van der Waals surface area (Å²) in [5.41, 5.74) is 1.30. The van der Waals surface area contributed by atoms with Crippen LogP contribution in [0.5, 0.6) is 0 Å². The highest BCUT2D eigenvalue weighted by Gasteiger charge is 2.06. The van der Waals surface area contributed by atoms with E-state index >= 15 is 0 Å². The molecule has 0 fully saturated rings. The molecule has 0 aromatic heterocycles. The van der Waals surface area contributed by atoms with Crippen LogP contribution in [0.2, 0.25) is 0 Å². The van der Waals surface area contributed by atoms with Gasteiger partial charge in [-0.3, -0.25) is 4.79 Å². The fourth-order valence-electron chi connectivity index (χ4n) is 1.53. The molecule has 0 spiro atoms. The Bertz CT molecular complexity index is 376. The number of terminal acetylenes is 1. The zero-order chi connectivity index (χ0) is 12.5. The smallest absolute Gasteiger partial charge is 0.307 e. The molecular formula is C15H18O2. The molecule has 1 atom stereocenters. The van der Waals surface area contributed by atoms with Crippen molar-refractivity contribution >= 4 is 5.97 Å². The van der Waals surface area contributed by atoms with Gasteiger partial charge in [-0.15, -0.1) is 6.42 Å². The van der Waals surface area contributed by atoms with Gasteiger partial charge in [-0.05, 0) is 31.7 Å². The van der Waals surface area contributed by atoms with Crippen LogP contribution in [0, 0.1) is 12.3 Å². The van der Waals surface area contributed by atoms with E-state index in [4.69, 9.17) is 11.2 Å². The molecule has 0 aliphatic rings. The second-order valence-electron chi connectivity index (χ2n) is 3.99. The second kappa shape index (κ2) is 7.51. The van der Waals surface area contributed by atoms with Gasteiger partial charge >= 0.3 is 5.97 Å². The normalized spacial score (nSPS) is 11.5. The molecular weight excluding hydrogens is 212 g/mol. The van der Waals surface area contributed by atoms with Crippen LogP contribution < -0.4 is 0 Å². The van der Waals surface area contributed by atoms with E-state index in [0.29, 0.717) is 6.42 Å². The highest BCUT2D eigenvalue weighted by Crippen LogP contribution is 2.07. The van der Waals surface area contributed by atoms with Crippen molar-refractivity contribution in [3.8, 4) is 12.3 Å². The molecule has 17 heavy (non-hydrogen) atoms. The predicted molar refractivity (Wildman–Crippen MR) is 68.4 cm³/mol. The number of hydrogen-bond acceptors (Lipinski definition) is 2. The maximum absolute atomic E-state index is 11.3. The number of unbranched alkanes of at least 4 members (excludes halogenated alkanes) is 1. The fraction of sp³-hybridized carbons (Fsp3) is 0.400. The van der Waals surface area contributed by atoms with Gasteiger partial charge in [-0.1, -0.05) is 36.3 Å². The lowest BCUT2D eigenvalue weighted by Crippen LogP contribution is -2.12. The zero-order valence-electron chi connectivity index (χ0n) is 10.2. The first-order chi connectivity index (χ1) is 8.22. The minimum atomic E-state index is -0.420. The lowest BCUT2D eigenvalue weighted by Gasteiger charge is -2.06. The number of hydrogen-bond donors (Lipinski definition) is 0. The summed E-state index contributed by atoms with van der Waals surface area (Å²) in [6.45, 7) is 1.70. The summed E-state index contributed by atoms with van der Waals surface area (Å²) in [5.74, 6) is 2.16. The lowest BCUT2D eigenvalue weighted by molar-refractivity contribution is -0.145. The molecule has 1 aromatic rings. The van der Waals surface area contributed by atoms with Crippen LogP contribution in [0.15, 0.2) is 30.3 Å². The van der Waals surface area contributed by atoms with E-state index in [1.54, 1.807) is 6.92 Å². The minimum absolute atomic E-state index is 0.205. The van der Waals surface area contributed by atoms with E-state index in [1.165, 1.54) is 5.56 Å². The SMILES string of the molecule is C#CC(C)OC(=O)CCCCc1ccccc1. The summed E-state index contributed by atoms with van der Waals surface area (Å²) < 4.78 is 4.98. The van der Waals surface area contributed by atoms with E-state index in [2.05, 4.69) is 18.1 Å². The Hall–Kier alpha value is -1.75. The van der Waals surface area contributed by atoms with Crippen LogP contribution in [-0.4, -0.2) is 12.1 Å². The van der Waals surface area contributed by atoms with Gasteiger partial charge < -0.3 is 4.74 Å². The van der Waals surface area contributed by atoms with Crippen LogP contribution in [0.25, 0.3) is 0 Å². The highest BCUT2D eigenvalue weighted by molar-refractivity contribution is 5.69. The van der Waals surface area contributed by atoms with Gasteiger partial charge in [0.15, 0.2) is 6.10 Å². The molecule has 0 N–H and O–H groups in total. The third-order valence-electron chi connectivity index (χ3n) is 2.48. The molecule has 0 saturated heterocycles. The summed E-state index contributed by atoms with van der Waals surface area (Å²) >= 11 is 0. The van der Waals surface area contributed by atoms with Gasteiger partial charge in [0.25, 0.3) is 0 Å². The van der Waals surface area contributed by atoms with Crippen molar-refractivity contribution < 1.29 is 9.53 Å². The highest BCUT2D eigenvalue weighted by atomic mass is 16.5. The second-order valence-corrected chi connectivity index (χ2v) is 3.99. The number of carbonyl (C=O) groups excluding carboxylic acids is 1. The molecule has 0 bridgehead atoms. The van der Waals surface area contributed by atoms with Crippen LogP contribution in [-0.2, 0) is 16.0 Å². The average Bonchev–Trinajstić information content (AvgIpc) is 2.36. The summed E-state index contributed by atoms with van der Waals surface area (Å²) in [6, 6.07) is 10.2. The molecule has 0 aliphatic carbocycles. The van der Waals surface area contributed by atoms with E-state index in [1.807, 2.05) is 18.2 Å². The number of aryl methyl sites for hydroxylation is 1. The monoisotopic (exact) mass is 230 g/mol. The van der Waals surface area contributed by atoms with Gasteiger partial charge in [0.2, 0.25) is 0 Å². The molecule has 1 rings (SSSR count). The maximum Gasteiger partial charge on any atom is 0.307 e. The van der Waals surface area contributed by atoms with Gasteiger partial charge in [0.1, 0.15) is 0 Å². The predicted octanol–water partition coefficient (Wildman–Crippen LogP) is 2.96. The van der Waals surface area contributed by atoms with Crippen molar-refractivity contribution in [2.45, 2.75) is 38.7 Å². The van der Waals surface area contributed by atoms with Crippen molar-refractivity contribution in [1.82, 2.24) is 0 Å². The third-order valence-corrected chi connectivity index (χ3v) is 2.48. The number of ether oxygens (including phenoxy) is 1. The van der Waals surface area contributed by atoms with Gasteiger partial charge in [-0.2, -0.15) is 0 Å². The van der Waals surface area contributed by atoms with Crippen LogP contribution in [0.4, 0.5) is 0 Å². The van der Waals surface area contributed by atoms with Crippen LogP contribution in [0.1, 0.15) is 31.7 Å². The Labute approximate surface area is 103 Å². The molecule has 0 heterocycles. The largest absolute Gasteiger partial charge is 0.449 e. The molecule has 0 aliphatic heterocycles. The fourth-order valence-corrected chi connectivity index (χ4v) is 1.53. The lowest BCUT2D eigenvalue weighted by atomic mass is 10.1. The summed E-state index contributed by atoms with van der Waals surface area (Å²) in [4.78, 5) is 11.3. The molecule has 1 aromatic carbocycles. The molecule has 90 valence electrons. The van der Waals surface area contributed by atoms with Gasteiger partial charge in [-0.25, -0.2) is 0 Å².